The van der Waals surface area contributed by atoms with E-state index in [2.05, 4.69) is 5.32 Å². The fourth-order valence-corrected chi connectivity index (χ4v) is 1.31. The molecule has 0 saturated carbocycles. The lowest BCUT2D eigenvalue weighted by molar-refractivity contribution is -0.131. The number of amides is 1. The van der Waals surface area contributed by atoms with Crippen molar-refractivity contribution in [2.45, 2.75) is 31.8 Å². The largest absolute Gasteiger partial charge is 0.378 e. The summed E-state index contributed by atoms with van der Waals surface area (Å²) in [7, 11) is 0. The van der Waals surface area contributed by atoms with Crippen LogP contribution in [0.4, 0.5) is 8.78 Å². The molecule has 1 unspecified atom stereocenters. The van der Waals surface area contributed by atoms with Crippen molar-refractivity contribution in [1.29, 1.82) is 0 Å². The second-order valence-corrected chi connectivity index (χ2v) is 3.02. The van der Waals surface area contributed by atoms with Gasteiger partial charge in [-0.25, -0.2) is 0 Å². The highest BCUT2D eigenvalue weighted by Crippen LogP contribution is 2.14. The van der Waals surface area contributed by atoms with E-state index < -0.39 is 12.3 Å². The first-order valence-corrected chi connectivity index (χ1v) is 4.37. The molecule has 1 saturated heterocycles. The maximum absolute atomic E-state index is 11.7. The highest BCUT2D eigenvalue weighted by atomic mass is 19.3. The lowest BCUT2D eigenvalue weighted by Gasteiger charge is -2.09. The van der Waals surface area contributed by atoms with E-state index in [0.717, 1.165) is 19.4 Å². The molecule has 1 rings (SSSR count). The quantitative estimate of drug-likeness (QED) is 0.721. The van der Waals surface area contributed by atoms with Crippen LogP contribution in [0.15, 0.2) is 0 Å². The summed E-state index contributed by atoms with van der Waals surface area (Å²) in [6.45, 7) is 1.02. The van der Waals surface area contributed by atoms with Crippen molar-refractivity contribution >= 4 is 5.91 Å². The topological polar surface area (TPSA) is 38.3 Å². The molecule has 3 nitrogen and oxygen atoms in total. The maximum atomic E-state index is 11.7. The highest BCUT2D eigenvalue weighted by Gasteiger charge is 2.17. The van der Waals surface area contributed by atoms with Crippen LogP contribution in [0.1, 0.15) is 19.3 Å². The average molecular weight is 193 g/mol. The minimum Gasteiger partial charge on any atom is -0.378 e. The Labute approximate surface area is 75.4 Å². The molecule has 1 atom stereocenters. The van der Waals surface area contributed by atoms with Gasteiger partial charge in [-0.2, -0.15) is 8.78 Å². The van der Waals surface area contributed by atoms with Crippen LogP contribution >= 0.6 is 0 Å². The monoisotopic (exact) mass is 193 g/mol. The third-order valence-corrected chi connectivity index (χ3v) is 1.99. The zero-order chi connectivity index (χ0) is 9.68. The number of alkyl halides is 2. The van der Waals surface area contributed by atoms with Crippen molar-refractivity contribution in [3.63, 3.8) is 0 Å². The summed E-state index contributed by atoms with van der Waals surface area (Å²) in [6.07, 6.45) is -0.168. The van der Waals surface area contributed by atoms with Crippen molar-refractivity contribution < 1.29 is 18.3 Å². The number of carbonyl (C=O) groups is 1. The van der Waals surface area contributed by atoms with Gasteiger partial charge in [-0.05, 0) is 19.3 Å². The Hall–Kier alpha value is -0.710. The normalized spacial score (nSPS) is 22.2. The Kier molecular flexibility index (Phi) is 4.08. The number of hydrogen-bond acceptors (Lipinski definition) is 2. The van der Waals surface area contributed by atoms with Gasteiger partial charge in [-0.15, -0.1) is 0 Å². The van der Waals surface area contributed by atoms with Gasteiger partial charge in [0.05, 0.1) is 6.10 Å². The number of carbonyl (C=O) groups excluding carboxylic acids is 1. The van der Waals surface area contributed by atoms with Gasteiger partial charge in [0.15, 0.2) is 0 Å². The maximum Gasteiger partial charge on any atom is 0.315 e. The Balaban J connectivity index is 2.03. The SMILES string of the molecule is O=C(NCCC1CCCO1)C(F)F. The zero-order valence-corrected chi connectivity index (χ0v) is 7.26. The molecule has 0 radical (unpaired) electrons. The van der Waals surface area contributed by atoms with Gasteiger partial charge in [-0.1, -0.05) is 0 Å². The third kappa shape index (κ3) is 3.67. The van der Waals surface area contributed by atoms with E-state index in [1.165, 1.54) is 0 Å². The molecule has 1 aliphatic rings. The molecule has 0 aromatic carbocycles. The van der Waals surface area contributed by atoms with E-state index in [9.17, 15) is 13.6 Å². The van der Waals surface area contributed by atoms with E-state index in [0.29, 0.717) is 6.42 Å². The molecule has 0 aromatic rings. The van der Waals surface area contributed by atoms with Gasteiger partial charge >= 0.3 is 6.43 Å². The van der Waals surface area contributed by atoms with Crippen LogP contribution in [0.5, 0.6) is 0 Å². The molecule has 76 valence electrons. The van der Waals surface area contributed by atoms with Crippen LogP contribution in [0.2, 0.25) is 0 Å². The summed E-state index contributed by atoms with van der Waals surface area (Å²) in [4.78, 5) is 10.4. The van der Waals surface area contributed by atoms with E-state index in [1.807, 2.05) is 0 Å². The fourth-order valence-electron chi connectivity index (χ4n) is 1.31. The first-order valence-electron chi connectivity index (χ1n) is 4.37. The molecule has 0 spiro atoms. The summed E-state index contributed by atoms with van der Waals surface area (Å²) in [6, 6.07) is 0. The first-order chi connectivity index (χ1) is 6.20. The molecule has 0 aromatic heterocycles. The van der Waals surface area contributed by atoms with Crippen molar-refractivity contribution in [1.82, 2.24) is 5.32 Å². The Morgan fingerprint density at radius 3 is 2.92 bits per heavy atom. The van der Waals surface area contributed by atoms with Crippen LogP contribution in [0.25, 0.3) is 0 Å². The highest BCUT2D eigenvalue weighted by molar-refractivity contribution is 5.78. The molecular weight excluding hydrogens is 180 g/mol. The van der Waals surface area contributed by atoms with Crippen molar-refractivity contribution in [2.75, 3.05) is 13.2 Å². The van der Waals surface area contributed by atoms with Gasteiger partial charge in [0.1, 0.15) is 0 Å². The number of nitrogens with one attached hydrogen (secondary N) is 1. The molecule has 1 heterocycles. The summed E-state index contributed by atoms with van der Waals surface area (Å²) in [5, 5.41) is 2.14. The Bertz CT molecular complexity index is 170. The summed E-state index contributed by atoms with van der Waals surface area (Å²) < 4.78 is 28.6. The van der Waals surface area contributed by atoms with E-state index >= 15 is 0 Å². The molecule has 1 aliphatic heterocycles. The smallest absolute Gasteiger partial charge is 0.315 e. The van der Waals surface area contributed by atoms with Crippen LogP contribution in [-0.2, 0) is 9.53 Å². The van der Waals surface area contributed by atoms with Gasteiger partial charge < -0.3 is 10.1 Å². The molecule has 1 amide bonds. The first kappa shape index (κ1) is 10.4. The number of ether oxygens (including phenoxy) is 1. The fraction of sp³-hybridized carbons (Fsp3) is 0.875. The predicted octanol–water partition coefficient (Wildman–Crippen LogP) is 0.937. The van der Waals surface area contributed by atoms with Gasteiger partial charge in [0.2, 0.25) is 0 Å². The lowest BCUT2D eigenvalue weighted by atomic mass is 10.2. The Morgan fingerprint density at radius 2 is 2.38 bits per heavy atom. The predicted molar refractivity (Wildman–Crippen MR) is 42.6 cm³/mol. The van der Waals surface area contributed by atoms with Gasteiger partial charge in [-0.3, -0.25) is 4.79 Å². The average Bonchev–Trinajstić information content (AvgIpc) is 2.56. The van der Waals surface area contributed by atoms with Crippen LogP contribution in [0.3, 0.4) is 0 Å². The molecule has 13 heavy (non-hydrogen) atoms. The number of hydrogen-bond donors (Lipinski definition) is 1. The summed E-state index contributed by atoms with van der Waals surface area (Å²) >= 11 is 0. The van der Waals surface area contributed by atoms with Gasteiger partial charge in [0, 0.05) is 13.2 Å². The third-order valence-electron chi connectivity index (χ3n) is 1.99. The molecule has 0 bridgehead atoms. The molecule has 1 N–H and O–H groups in total. The van der Waals surface area contributed by atoms with Crippen LogP contribution in [0, 0.1) is 0 Å². The zero-order valence-electron chi connectivity index (χ0n) is 7.26. The Morgan fingerprint density at radius 1 is 1.62 bits per heavy atom. The summed E-state index contributed by atoms with van der Waals surface area (Å²) in [5.41, 5.74) is 0. The van der Waals surface area contributed by atoms with E-state index in [-0.39, 0.29) is 12.6 Å². The van der Waals surface area contributed by atoms with Gasteiger partial charge in [0.25, 0.3) is 5.91 Å². The molecule has 5 heteroatoms. The number of rotatable bonds is 4. The second kappa shape index (κ2) is 5.11. The van der Waals surface area contributed by atoms with Crippen LogP contribution < -0.4 is 5.32 Å². The molecular formula is C8H13F2NO2. The molecule has 1 fully saturated rings. The molecule has 0 aliphatic carbocycles. The van der Waals surface area contributed by atoms with Crippen LogP contribution in [-0.4, -0.2) is 31.6 Å². The number of halogens is 2. The van der Waals surface area contributed by atoms with Crippen molar-refractivity contribution in [3.8, 4) is 0 Å². The lowest BCUT2D eigenvalue weighted by Crippen LogP contribution is -2.31. The van der Waals surface area contributed by atoms with E-state index in [1.54, 1.807) is 0 Å². The minimum absolute atomic E-state index is 0.137. The van der Waals surface area contributed by atoms with Crippen molar-refractivity contribution in [2.24, 2.45) is 0 Å². The van der Waals surface area contributed by atoms with E-state index in [4.69, 9.17) is 4.74 Å². The summed E-state index contributed by atoms with van der Waals surface area (Å²) in [5.74, 6) is -1.20. The standard InChI is InChI=1S/C8H13F2NO2/c9-7(10)8(12)11-4-3-6-2-1-5-13-6/h6-7H,1-5H2,(H,11,12). The van der Waals surface area contributed by atoms with Crippen molar-refractivity contribution in [3.05, 3.63) is 0 Å². The second-order valence-electron chi connectivity index (χ2n) is 3.02. The minimum atomic E-state index is -2.91.